The van der Waals surface area contributed by atoms with E-state index in [0.717, 1.165) is 50.5 Å². The second kappa shape index (κ2) is 11.3. The summed E-state index contributed by atoms with van der Waals surface area (Å²) in [7, 11) is 0. The molecule has 0 saturated carbocycles. The normalized spacial score (nSPS) is 11.7. The van der Waals surface area contributed by atoms with Crippen LogP contribution in [0.4, 0.5) is 18.9 Å². The number of carbonyl (C=O) groups is 2. The lowest BCUT2D eigenvalue weighted by Crippen LogP contribution is -2.29. The van der Waals surface area contributed by atoms with Gasteiger partial charge < -0.3 is 10.4 Å². The number of hydrogen-bond donors (Lipinski definition) is 2. The first-order chi connectivity index (χ1) is 12.3. The monoisotopic (exact) mass is 371 g/mol. The fraction of sp³-hybridized carbons (Fsp3) is 0.474. The molecule has 0 aliphatic carbocycles. The molecule has 0 aromatic heterocycles. The highest BCUT2D eigenvalue weighted by Crippen LogP contribution is 2.19. The molecule has 2 N–H and O–H groups in total. The smallest absolute Gasteiger partial charge is 0.471 e. The summed E-state index contributed by atoms with van der Waals surface area (Å²) in [5.74, 6) is -2.73. The number of hydrogen-bond acceptors (Lipinski definition) is 2. The molecule has 0 radical (unpaired) electrons. The van der Waals surface area contributed by atoms with Crippen molar-refractivity contribution in [2.75, 3.05) is 5.32 Å². The largest absolute Gasteiger partial charge is 0.481 e. The van der Waals surface area contributed by atoms with Crippen molar-refractivity contribution in [2.45, 2.75) is 57.5 Å². The number of carbonyl (C=O) groups excluding carboxylic acids is 1. The summed E-state index contributed by atoms with van der Waals surface area (Å²) in [4.78, 5) is 21.2. The SMILES string of the molecule is O=C(O)CCCCCCCCC=Cc1ccc(NC(=O)C(F)(F)F)cc1. The summed E-state index contributed by atoms with van der Waals surface area (Å²) >= 11 is 0. The van der Waals surface area contributed by atoms with E-state index in [0.29, 0.717) is 0 Å². The Kier molecular flexibility index (Phi) is 9.47. The van der Waals surface area contributed by atoms with Crippen LogP contribution < -0.4 is 5.32 Å². The predicted molar refractivity (Wildman–Crippen MR) is 94.7 cm³/mol. The van der Waals surface area contributed by atoms with Crippen LogP contribution in [-0.4, -0.2) is 23.2 Å². The number of anilines is 1. The van der Waals surface area contributed by atoms with Crippen molar-refractivity contribution in [2.24, 2.45) is 0 Å². The van der Waals surface area contributed by atoms with Crippen LogP contribution in [0.5, 0.6) is 0 Å². The van der Waals surface area contributed by atoms with Gasteiger partial charge in [0.05, 0.1) is 0 Å². The third-order valence-electron chi connectivity index (χ3n) is 3.75. The first-order valence-corrected chi connectivity index (χ1v) is 8.65. The van der Waals surface area contributed by atoms with Gasteiger partial charge in [0.15, 0.2) is 0 Å². The molecule has 1 aromatic rings. The molecule has 1 rings (SSSR count). The molecule has 7 heteroatoms. The van der Waals surface area contributed by atoms with Gasteiger partial charge in [-0.05, 0) is 37.0 Å². The van der Waals surface area contributed by atoms with E-state index >= 15 is 0 Å². The number of halogens is 3. The van der Waals surface area contributed by atoms with Crippen molar-refractivity contribution in [3.05, 3.63) is 35.9 Å². The minimum Gasteiger partial charge on any atom is -0.481 e. The highest BCUT2D eigenvalue weighted by atomic mass is 19.4. The Bertz CT molecular complexity index is 595. The first kappa shape index (κ1) is 21.7. The van der Waals surface area contributed by atoms with Crippen LogP contribution in [0.15, 0.2) is 30.3 Å². The number of unbranched alkanes of at least 4 members (excludes halogenated alkanes) is 6. The standard InChI is InChI=1S/C19H24F3NO3/c20-19(21,22)18(26)23-16-13-11-15(12-14-16)9-7-5-3-1-2-4-6-8-10-17(24)25/h7,9,11-14H,1-6,8,10H2,(H,23,26)(H,24,25). The maximum Gasteiger partial charge on any atom is 0.471 e. The average Bonchev–Trinajstić information content (AvgIpc) is 2.57. The lowest BCUT2D eigenvalue weighted by molar-refractivity contribution is -0.167. The van der Waals surface area contributed by atoms with Crippen LogP contribution in [0.1, 0.15) is 56.9 Å². The lowest BCUT2D eigenvalue weighted by atomic mass is 10.1. The Labute approximate surface area is 151 Å². The van der Waals surface area contributed by atoms with E-state index in [4.69, 9.17) is 5.11 Å². The zero-order valence-corrected chi connectivity index (χ0v) is 14.5. The van der Waals surface area contributed by atoms with E-state index in [1.807, 2.05) is 12.2 Å². The number of amides is 1. The molecule has 1 aromatic carbocycles. The molecule has 0 aliphatic heterocycles. The fourth-order valence-electron chi connectivity index (χ4n) is 2.34. The van der Waals surface area contributed by atoms with Crippen molar-refractivity contribution in [1.82, 2.24) is 0 Å². The predicted octanol–water partition coefficient (Wildman–Crippen LogP) is 5.41. The van der Waals surface area contributed by atoms with Gasteiger partial charge in [0.2, 0.25) is 0 Å². The van der Waals surface area contributed by atoms with E-state index in [-0.39, 0.29) is 12.1 Å². The number of benzene rings is 1. The minimum absolute atomic E-state index is 0.104. The Hall–Kier alpha value is -2.31. The minimum atomic E-state index is -4.89. The van der Waals surface area contributed by atoms with Crippen molar-refractivity contribution in [3.63, 3.8) is 0 Å². The third kappa shape index (κ3) is 9.86. The number of nitrogens with one attached hydrogen (secondary N) is 1. The Morgan fingerprint density at radius 1 is 0.962 bits per heavy atom. The third-order valence-corrected chi connectivity index (χ3v) is 3.75. The van der Waals surface area contributed by atoms with Gasteiger partial charge in [0.25, 0.3) is 0 Å². The maximum atomic E-state index is 12.2. The average molecular weight is 371 g/mol. The van der Waals surface area contributed by atoms with Gasteiger partial charge in [0, 0.05) is 12.1 Å². The molecule has 0 aliphatic rings. The summed E-state index contributed by atoms with van der Waals surface area (Å²) in [5.41, 5.74) is 0.955. The van der Waals surface area contributed by atoms with E-state index in [9.17, 15) is 22.8 Å². The zero-order chi connectivity index (χ0) is 19.4. The summed E-state index contributed by atoms with van der Waals surface area (Å²) in [6.45, 7) is 0. The Morgan fingerprint density at radius 3 is 2.12 bits per heavy atom. The fourth-order valence-corrected chi connectivity index (χ4v) is 2.34. The van der Waals surface area contributed by atoms with Crippen LogP contribution in [0, 0.1) is 0 Å². The molecule has 0 spiro atoms. The van der Waals surface area contributed by atoms with Gasteiger partial charge in [-0.1, -0.05) is 50.0 Å². The second-order valence-corrected chi connectivity index (χ2v) is 6.03. The van der Waals surface area contributed by atoms with Crippen molar-refractivity contribution < 1.29 is 27.9 Å². The molecular formula is C19H24F3NO3. The van der Waals surface area contributed by atoms with Crippen molar-refractivity contribution in [3.8, 4) is 0 Å². The molecule has 144 valence electrons. The molecule has 26 heavy (non-hydrogen) atoms. The number of allylic oxidation sites excluding steroid dienone is 1. The van der Waals surface area contributed by atoms with Gasteiger partial charge in [-0.15, -0.1) is 0 Å². The van der Waals surface area contributed by atoms with Crippen LogP contribution in [0.3, 0.4) is 0 Å². The quantitative estimate of drug-likeness (QED) is 0.511. The van der Waals surface area contributed by atoms with Gasteiger partial charge in [0.1, 0.15) is 0 Å². The molecule has 0 bridgehead atoms. The second-order valence-electron chi connectivity index (χ2n) is 6.03. The van der Waals surface area contributed by atoms with E-state index in [1.54, 1.807) is 17.4 Å². The first-order valence-electron chi connectivity index (χ1n) is 8.65. The molecule has 0 atom stereocenters. The lowest BCUT2D eigenvalue weighted by Gasteiger charge is -2.07. The summed E-state index contributed by atoms with van der Waals surface area (Å²) in [6, 6.07) is 6.15. The highest BCUT2D eigenvalue weighted by Gasteiger charge is 2.38. The molecule has 0 fully saturated rings. The molecule has 0 saturated heterocycles. The number of alkyl halides is 3. The van der Waals surface area contributed by atoms with Crippen molar-refractivity contribution >= 4 is 23.6 Å². The molecule has 4 nitrogen and oxygen atoms in total. The highest BCUT2D eigenvalue weighted by molar-refractivity contribution is 5.94. The summed E-state index contributed by atoms with van der Waals surface area (Å²) < 4.78 is 36.5. The number of aliphatic carboxylic acids is 1. The summed E-state index contributed by atoms with van der Waals surface area (Å²) in [5, 5.41) is 10.3. The number of carboxylic acids is 1. The maximum absolute atomic E-state index is 12.2. The van der Waals surface area contributed by atoms with Crippen molar-refractivity contribution in [1.29, 1.82) is 0 Å². The zero-order valence-electron chi connectivity index (χ0n) is 14.5. The van der Waals surface area contributed by atoms with Crippen LogP contribution >= 0.6 is 0 Å². The number of rotatable bonds is 11. The molecule has 0 unspecified atom stereocenters. The van der Waals surface area contributed by atoms with E-state index < -0.39 is 18.1 Å². The van der Waals surface area contributed by atoms with Crippen LogP contribution in [0.25, 0.3) is 6.08 Å². The molecular weight excluding hydrogens is 347 g/mol. The van der Waals surface area contributed by atoms with Gasteiger partial charge >= 0.3 is 18.1 Å². The van der Waals surface area contributed by atoms with Gasteiger partial charge in [-0.25, -0.2) is 0 Å². The number of carboxylic acid groups (broad SMARTS) is 1. The van der Waals surface area contributed by atoms with E-state index in [2.05, 4.69) is 0 Å². The van der Waals surface area contributed by atoms with Crippen LogP contribution in [-0.2, 0) is 9.59 Å². The van der Waals surface area contributed by atoms with Gasteiger partial charge in [-0.3, -0.25) is 9.59 Å². The van der Waals surface area contributed by atoms with Crippen LogP contribution in [0.2, 0.25) is 0 Å². The Morgan fingerprint density at radius 2 is 1.54 bits per heavy atom. The van der Waals surface area contributed by atoms with E-state index in [1.165, 1.54) is 12.1 Å². The summed E-state index contributed by atoms with van der Waals surface area (Å²) in [6.07, 6.45) is 6.07. The van der Waals surface area contributed by atoms with Gasteiger partial charge in [-0.2, -0.15) is 13.2 Å². The molecule has 1 amide bonds. The topological polar surface area (TPSA) is 66.4 Å². The Balaban J connectivity index is 2.18. The molecule has 0 heterocycles.